The Morgan fingerprint density at radius 3 is 2.70 bits per heavy atom. The lowest BCUT2D eigenvalue weighted by Gasteiger charge is -2.14. The van der Waals surface area contributed by atoms with Gasteiger partial charge in [0.2, 0.25) is 0 Å². The highest BCUT2D eigenvalue weighted by atomic mass is 79.9. The molecule has 0 spiro atoms. The minimum atomic E-state index is -4.44. The second-order valence-electron chi connectivity index (χ2n) is 4.15. The smallest absolute Gasteiger partial charge is 0.405 e. The minimum Gasteiger partial charge on any atom is -0.483 e. The van der Waals surface area contributed by atoms with Gasteiger partial charge in [-0.05, 0) is 25.1 Å². The Bertz CT molecular complexity index is 478. The van der Waals surface area contributed by atoms with Crippen LogP contribution in [0, 0.1) is 0 Å². The van der Waals surface area contributed by atoms with Crippen molar-refractivity contribution in [1.29, 1.82) is 0 Å². The van der Waals surface area contributed by atoms with E-state index in [1.54, 1.807) is 30.4 Å². The molecule has 0 bridgehead atoms. The molecule has 0 aliphatic heterocycles. The number of carbonyl (C=O) groups excluding carboxylic acids is 1. The topological polar surface area (TPSA) is 64.3 Å². The maximum absolute atomic E-state index is 11.9. The number of amides is 1. The van der Waals surface area contributed by atoms with Gasteiger partial charge in [0.05, 0.1) is 0 Å². The van der Waals surface area contributed by atoms with Gasteiger partial charge >= 0.3 is 6.18 Å². The van der Waals surface area contributed by atoms with Crippen molar-refractivity contribution in [3.05, 3.63) is 28.2 Å². The van der Waals surface area contributed by atoms with Gasteiger partial charge in [-0.15, -0.1) is 0 Å². The highest BCUT2D eigenvalue weighted by molar-refractivity contribution is 9.10. The fourth-order valence-corrected chi connectivity index (χ4v) is 1.78. The Hall–Kier alpha value is -1.28. The van der Waals surface area contributed by atoms with Crippen LogP contribution in [0.3, 0.4) is 0 Å². The van der Waals surface area contributed by atoms with Crippen LogP contribution >= 0.6 is 15.9 Å². The van der Waals surface area contributed by atoms with Gasteiger partial charge in [0.25, 0.3) is 5.91 Å². The van der Waals surface area contributed by atoms with Crippen LogP contribution in [0.4, 0.5) is 13.2 Å². The molecule has 0 saturated carbocycles. The van der Waals surface area contributed by atoms with Crippen LogP contribution in [0.15, 0.2) is 22.7 Å². The van der Waals surface area contributed by atoms with Crippen molar-refractivity contribution >= 4 is 21.8 Å². The summed E-state index contributed by atoms with van der Waals surface area (Å²) < 4.78 is 41.7. The molecule has 1 unspecified atom stereocenters. The van der Waals surface area contributed by atoms with E-state index >= 15 is 0 Å². The second kappa shape index (κ2) is 6.94. The minimum absolute atomic E-state index is 0.333. The third kappa shape index (κ3) is 5.79. The fourth-order valence-electron chi connectivity index (χ4n) is 1.40. The van der Waals surface area contributed by atoms with Crippen molar-refractivity contribution in [1.82, 2.24) is 5.32 Å². The van der Waals surface area contributed by atoms with E-state index in [1.165, 1.54) is 0 Å². The first-order valence-electron chi connectivity index (χ1n) is 5.70. The van der Waals surface area contributed by atoms with Crippen LogP contribution < -0.4 is 15.8 Å². The molecule has 1 aromatic carbocycles. The van der Waals surface area contributed by atoms with E-state index in [4.69, 9.17) is 10.5 Å². The van der Waals surface area contributed by atoms with Crippen LogP contribution in [0.5, 0.6) is 5.75 Å². The molecule has 1 rings (SSSR count). The fraction of sp³-hybridized carbons (Fsp3) is 0.417. The van der Waals surface area contributed by atoms with E-state index in [2.05, 4.69) is 15.9 Å². The molecule has 4 nitrogen and oxygen atoms in total. The number of ether oxygens (including phenoxy) is 1. The second-order valence-corrected chi connectivity index (χ2v) is 5.07. The zero-order valence-electron chi connectivity index (χ0n) is 10.6. The number of carbonyl (C=O) groups is 1. The molecular weight excluding hydrogens is 341 g/mol. The summed E-state index contributed by atoms with van der Waals surface area (Å²) in [6.45, 7) is -0.147. The Balaban J connectivity index is 2.59. The average Bonchev–Trinajstić information content (AvgIpc) is 2.33. The highest BCUT2D eigenvalue weighted by Crippen LogP contribution is 2.27. The number of nitrogens with one attached hydrogen (secondary N) is 1. The van der Waals surface area contributed by atoms with Crippen molar-refractivity contribution in [2.24, 2.45) is 5.73 Å². The largest absolute Gasteiger partial charge is 0.483 e. The van der Waals surface area contributed by atoms with Crippen LogP contribution in [0.25, 0.3) is 0 Å². The third-order valence-corrected chi connectivity index (χ3v) is 2.80. The predicted molar refractivity (Wildman–Crippen MR) is 71.3 cm³/mol. The summed E-state index contributed by atoms with van der Waals surface area (Å²) >= 11 is 3.28. The van der Waals surface area contributed by atoms with Crippen molar-refractivity contribution in [2.75, 3.05) is 13.2 Å². The highest BCUT2D eigenvalue weighted by Gasteiger charge is 2.27. The number of alkyl halides is 3. The summed E-state index contributed by atoms with van der Waals surface area (Å²) in [5, 5.41) is 1.72. The van der Waals surface area contributed by atoms with E-state index in [0.29, 0.717) is 11.3 Å². The molecule has 0 aliphatic rings. The molecule has 0 heterocycles. The maximum atomic E-state index is 11.9. The molecule has 3 N–H and O–H groups in total. The van der Waals surface area contributed by atoms with Gasteiger partial charge in [-0.25, -0.2) is 0 Å². The first-order chi connectivity index (χ1) is 9.19. The monoisotopic (exact) mass is 354 g/mol. The summed E-state index contributed by atoms with van der Waals surface area (Å²) in [5.74, 6) is -0.480. The van der Waals surface area contributed by atoms with E-state index in [9.17, 15) is 18.0 Å². The van der Waals surface area contributed by atoms with Crippen LogP contribution in [-0.4, -0.2) is 25.2 Å². The lowest BCUT2D eigenvalue weighted by atomic mass is 10.1. The SMILES string of the molecule is CC(N)c1cc(Br)ccc1OCC(=O)NCC(F)(F)F. The Labute approximate surface area is 122 Å². The first-order valence-corrected chi connectivity index (χ1v) is 6.49. The number of hydrogen-bond donors (Lipinski definition) is 2. The normalized spacial score (nSPS) is 12.9. The van der Waals surface area contributed by atoms with Crippen molar-refractivity contribution < 1.29 is 22.7 Å². The molecule has 0 saturated heterocycles. The summed E-state index contributed by atoms with van der Waals surface area (Å²) in [4.78, 5) is 11.2. The van der Waals surface area contributed by atoms with Gasteiger partial charge in [-0.2, -0.15) is 13.2 Å². The first kappa shape index (κ1) is 16.8. The van der Waals surface area contributed by atoms with Gasteiger partial charge < -0.3 is 15.8 Å². The number of nitrogens with two attached hydrogens (primary N) is 1. The molecule has 0 fully saturated rings. The Morgan fingerprint density at radius 1 is 1.50 bits per heavy atom. The molecule has 1 amide bonds. The predicted octanol–water partition coefficient (Wildman–Crippen LogP) is 2.53. The lowest BCUT2D eigenvalue weighted by Crippen LogP contribution is -2.36. The summed E-state index contributed by atoms with van der Waals surface area (Å²) in [5.41, 5.74) is 6.41. The Morgan fingerprint density at radius 2 is 2.15 bits per heavy atom. The molecule has 0 aromatic heterocycles. The van der Waals surface area contributed by atoms with Crippen molar-refractivity contribution in [3.8, 4) is 5.75 Å². The summed E-state index contributed by atoms with van der Waals surface area (Å²) in [6.07, 6.45) is -4.44. The number of benzene rings is 1. The molecule has 0 aliphatic carbocycles. The zero-order chi connectivity index (χ0) is 15.3. The molecule has 112 valence electrons. The number of halogens is 4. The van der Waals surface area contributed by atoms with E-state index in [1.807, 2.05) is 0 Å². The zero-order valence-corrected chi connectivity index (χ0v) is 12.2. The Kier molecular flexibility index (Phi) is 5.82. The van der Waals surface area contributed by atoms with Gasteiger partial charge in [0.1, 0.15) is 12.3 Å². The van der Waals surface area contributed by atoms with Crippen molar-refractivity contribution in [3.63, 3.8) is 0 Å². The molecule has 1 aromatic rings. The molecule has 0 radical (unpaired) electrons. The number of hydrogen-bond acceptors (Lipinski definition) is 3. The summed E-state index contributed by atoms with van der Waals surface area (Å²) in [7, 11) is 0. The molecule has 1 atom stereocenters. The average molecular weight is 355 g/mol. The van der Waals surface area contributed by atoms with Crippen LogP contribution in [0.2, 0.25) is 0 Å². The van der Waals surface area contributed by atoms with Gasteiger partial charge in [0, 0.05) is 16.1 Å². The van der Waals surface area contributed by atoms with Crippen molar-refractivity contribution in [2.45, 2.75) is 19.1 Å². The summed E-state index contributed by atoms with van der Waals surface area (Å²) in [6, 6.07) is 4.68. The van der Waals surface area contributed by atoms with E-state index in [-0.39, 0.29) is 6.04 Å². The van der Waals surface area contributed by atoms with Gasteiger partial charge in [-0.3, -0.25) is 4.79 Å². The molecular formula is C12H14BrF3N2O2. The molecule has 8 heteroatoms. The van der Waals surface area contributed by atoms with Gasteiger partial charge in [0.15, 0.2) is 6.61 Å². The maximum Gasteiger partial charge on any atom is 0.405 e. The van der Waals surface area contributed by atoms with Crippen LogP contribution in [0.1, 0.15) is 18.5 Å². The van der Waals surface area contributed by atoms with E-state index < -0.39 is 25.2 Å². The van der Waals surface area contributed by atoms with E-state index in [0.717, 1.165) is 4.47 Å². The lowest BCUT2D eigenvalue weighted by molar-refractivity contribution is -0.139. The van der Waals surface area contributed by atoms with Gasteiger partial charge in [-0.1, -0.05) is 15.9 Å². The molecule has 20 heavy (non-hydrogen) atoms. The van der Waals surface area contributed by atoms with Crippen LogP contribution in [-0.2, 0) is 4.79 Å². The third-order valence-electron chi connectivity index (χ3n) is 2.31. The standard InChI is InChI=1S/C12H14BrF3N2O2/c1-7(17)9-4-8(13)2-3-10(9)20-5-11(19)18-6-12(14,15)16/h2-4,7H,5-6,17H2,1H3,(H,18,19). The quantitative estimate of drug-likeness (QED) is 0.853. The number of rotatable bonds is 5.